The zero-order chi connectivity index (χ0) is 22.2. The summed E-state index contributed by atoms with van der Waals surface area (Å²) >= 11 is 0. The summed E-state index contributed by atoms with van der Waals surface area (Å²) in [6.07, 6.45) is 2.69. The molecule has 4 aromatic rings. The van der Waals surface area contributed by atoms with Gasteiger partial charge in [0.2, 0.25) is 0 Å². The maximum Gasteiger partial charge on any atom is 0.116 e. The maximum atomic E-state index is 9.33. The highest BCUT2D eigenvalue weighted by Crippen LogP contribution is 2.58. The van der Waals surface area contributed by atoms with Crippen LogP contribution in [-0.2, 0) is 12.6 Å². The number of nitriles is 1. The van der Waals surface area contributed by atoms with Crippen LogP contribution in [0.2, 0.25) is 0 Å². The fraction of sp³-hybridized carbons (Fsp3) is 0.167. The van der Waals surface area contributed by atoms with Crippen LogP contribution in [0.3, 0.4) is 0 Å². The first-order valence-electron chi connectivity index (χ1n) is 11.3. The van der Waals surface area contributed by atoms with Crippen molar-refractivity contribution < 1.29 is 12.4 Å². The normalized spacial score (nSPS) is 11.8. The van der Waals surface area contributed by atoms with Crippen molar-refractivity contribution in [2.45, 2.75) is 25.9 Å². The molecule has 0 aliphatic rings. The lowest BCUT2D eigenvalue weighted by atomic mass is 9.98. The average Bonchev–Trinajstić information content (AvgIpc) is 2.88. The third-order valence-electron chi connectivity index (χ3n) is 6.19. The van der Waals surface area contributed by atoms with Gasteiger partial charge in [0.1, 0.15) is 23.2 Å². The largest absolute Gasteiger partial charge is 1.00 e. The summed E-state index contributed by atoms with van der Waals surface area (Å²) in [5, 5.41) is 13.5. The predicted octanol–water partition coefficient (Wildman–Crippen LogP) is 3.28. The average molecular weight is 470 g/mol. The van der Waals surface area contributed by atoms with Crippen molar-refractivity contribution in [1.82, 2.24) is 0 Å². The minimum absolute atomic E-state index is 0. The fourth-order valence-corrected chi connectivity index (χ4v) is 8.63. The van der Waals surface area contributed by atoms with Gasteiger partial charge < -0.3 is 12.4 Å². The summed E-state index contributed by atoms with van der Waals surface area (Å²) in [5.41, 5.74) is 2.58. The summed E-state index contributed by atoms with van der Waals surface area (Å²) in [6, 6.07) is 44.4. The topological polar surface area (TPSA) is 23.8 Å². The second kappa shape index (κ2) is 11.8. The summed E-state index contributed by atoms with van der Waals surface area (Å²) in [4.78, 5) is 0. The molecule has 0 radical (unpaired) electrons. The van der Waals surface area contributed by atoms with Crippen LogP contribution in [0.4, 0.5) is 0 Å². The monoisotopic (exact) mass is 469 g/mol. The summed E-state index contributed by atoms with van der Waals surface area (Å²) in [7, 11) is -1.88. The highest BCUT2D eigenvalue weighted by molar-refractivity contribution is 7.95. The Balaban J connectivity index is 0.00000306. The fourth-order valence-electron chi connectivity index (χ4n) is 4.39. The molecule has 0 N–H and O–H groups in total. The van der Waals surface area contributed by atoms with Gasteiger partial charge in [0, 0.05) is 0 Å². The molecule has 0 aromatic heterocycles. The number of hydrogen-bond donors (Lipinski definition) is 0. The standard InChI is InChI=1S/C30H29NP.ClH/c1-2-25(23-31)22-26-18-20-27(21-19-26)24-32(28-12-6-3-7-13-28,29-14-8-4-9-15-29)30-16-10-5-11-17-30;/h3-21,25H,2,22,24H2,1H3;1H/q+1;/p-1. The number of nitrogens with zero attached hydrogens (tertiary/aromatic N) is 1. The van der Waals surface area contributed by atoms with Gasteiger partial charge in [-0.1, -0.05) is 85.8 Å². The molecule has 1 atom stereocenters. The van der Waals surface area contributed by atoms with Crippen LogP contribution < -0.4 is 28.3 Å². The van der Waals surface area contributed by atoms with Gasteiger partial charge in [-0.2, -0.15) is 5.26 Å². The van der Waals surface area contributed by atoms with Crippen LogP contribution >= 0.6 is 7.26 Å². The third-order valence-corrected chi connectivity index (χ3v) is 10.6. The molecule has 4 aromatic carbocycles. The van der Waals surface area contributed by atoms with Crippen LogP contribution in [-0.4, -0.2) is 0 Å². The molecule has 0 bridgehead atoms. The lowest BCUT2D eigenvalue weighted by molar-refractivity contribution is -0.00000659. The first-order valence-corrected chi connectivity index (χ1v) is 13.3. The smallest absolute Gasteiger partial charge is 0.116 e. The summed E-state index contributed by atoms with van der Waals surface area (Å²) in [5.74, 6) is 0.0883. The van der Waals surface area contributed by atoms with Crippen molar-refractivity contribution in [2.24, 2.45) is 5.92 Å². The number of benzene rings is 4. The van der Waals surface area contributed by atoms with Gasteiger partial charge in [-0.3, -0.25) is 0 Å². The van der Waals surface area contributed by atoms with E-state index in [2.05, 4.69) is 128 Å². The molecule has 0 aliphatic heterocycles. The predicted molar refractivity (Wildman–Crippen MR) is 138 cm³/mol. The molecule has 0 amide bonds. The van der Waals surface area contributed by atoms with E-state index < -0.39 is 7.26 Å². The molecule has 3 heteroatoms. The van der Waals surface area contributed by atoms with E-state index in [1.165, 1.54) is 27.0 Å². The van der Waals surface area contributed by atoms with E-state index >= 15 is 0 Å². The van der Waals surface area contributed by atoms with Crippen LogP contribution in [0.15, 0.2) is 115 Å². The van der Waals surface area contributed by atoms with E-state index in [4.69, 9.17) is 0 Å². The first kappa shape index (κ1) is 24.7. The molecular formula is C30H29ClNP. The zero-order valence-corrected chi connectivity index (χ0v) is 20.6. The summed E-state index contributed by atoms with van der Waals surface area (Å²) < 4.78 is 0. The molecular weight excluding hydrogens is 441 g/mol. The van der Waals surface area contributed by atoms with Crippen molar-refractivity contribution in [3.05, 3.63) is 126 Å². The zero-order valence-electron chi connectivity index (χ0n) is 18.9. The molecule has 33 heavy (non-hydrogen) atoms. The minimum Gasteiger partial charge on any atom is -1.00 e. The summed E-state index contributed by atoms with van der Waals surface area (Å²) in [6.45, 7) is 2.08. The van der Waals surface area contributed by atoms with E-state index in [1.807, 2.05) is 0 Å². The molecule has 166 valence electrons. The molecule has 0 heterocycles. The van der Waals surface area contributed by atoms with Gasteiger partial charge in [-0.05, 0) is 60.4 Å². The molecule has 0 spiro atoms. The second-order valence-electron chi connectivity index (χ2n) is 8.23. The van der Waals surface area contributed by atoms with Gasteiger partial charge in [-0.25, -0.2) is 0 Å². The lowest BCUT2D eigenvalue weighted by Crippen LogP contribution is -3.00. The highest BCUT2D eigenvalue weighted by atomic mass is 35.5. The van der Waals surface area contributed by atoms with Crippen molar-refractivity contribution in [2.75, 3.05) is 0 Å². The Kier molecular flexibility index (Phi) is 8.85. The first-order chi connectivity index (χ1) is 15.8. The van der Waals surface area contributed by atoms with Crippen molar-refractivity contribution in [3.8, 4) is 6.07 Å². The van der Waals surface area contributed by atoms with Crippen LogP contribution in [0, 0.1) is 17.2 Å². The van der Waals surface area contributed by atoms with E-state index in [1.54, 1.807) is 0 Å². The number of rotatable bonds is 8. The molecule has 0 fully saturated rings. The molecule has 4 rings (SSSR count). The van der Waals surface area contributed by atoms with E-state index in [0.29, 0.717) is 0 Å². The van der Waals surface area contributed by atoms with E-state index in [9.17, 15) is 5.26 Å². The van der Waals surface area contributed by atoms with Gasteiger partial charge in [0.05, 0.1) is 18.1 Å². The quantitative estimate of drug-likeness (QED) is 0.363. The van der Waals surface area contributed by atoms with Crippen LogP contribution in [0.1, 0.15) is 24.5 Å². The highest BCUT2D eigenvalue weighted by Gasteiger charge is 2.45. The van der Waals surface area contributed by atoms with E-state index in [0.717, 1.165) is 19.0 Å². The van der Waals surface area contributed by atoms with Crippen LogP contribution in [0.25, 0.3) is 0 Å². The van der Waals surface area contributed by atoms with E-state index in [-0.39, 0.29) is 18.3 Å². The molecule has 0 saturated carbocycles. The van der Waals surface area contributed by atoms with Crippen molar-refractivity contribution in [3.63, 3.8) is 0 Å². The Morgan fingerprint density at radius 1 is 0.636 bits per heavy atom. The number of halogens is 1. The number of hydrogen-bond acceptors (Lipinski definition) is 1. The minimum atomic E-state index is -1.88. The lowest BCUT2D eigenvalue weighted by Gasteiger charge is -2.28. The van der Waals surface area contributed by atoms with Crippen molar-refractivity contribution >= 4 is 23.2 Å². The van der Waals surface area contributed by atoms with Crippen LogP contribution in [0.5, 0.6) is 0 Å². The Morgan fingerprint density at radius 3 is 1.39 bits per heavy atom. The van der Waals surface area contributed by atoms with Gasteiger partial charge in [0.15, 0.2) is 0 Å². The van der Waals surface area contributed by atoms with Gasteiger partial charge in [0.25, 0.3) is 0 Å². The Labute approximate surface area is 204 Å². The third kappa shape index (κ3) is 5.54. The SMILES string of the molecule is CCC(C#N)Cc1ccc(C[P+](c2ccccc2)(c2ccccc2)c2ccccc2)cc1.[Cl-]. The molecule has 1 nitrogen and oxygen atoms in total. The maximum absolute atomic E-state index is 9.33. The Hall–Kier alpha value is -2.91. The molecule has 1 unspecified atom stereocenters. The molecule has 0 saturated heterocycles. The van der Waals surface area contributed by atoms with Crippen molar-refractivity contribution in [1.29, 1.82) is 5.26 Å². The van der Waals surface area contributed by atoms with Gasteiger partial charge >= 0.3 is 0 Å². The Morgan fingerprint density at radius 2 is 1.03 bits per heavy atom. The second-order valence-corrected chi connectivity index (χ2v) is 11.7. The van der Waals surface area contributed by atoms with Gasteiger partial charge in [-0.15, -0.1) is 0 Å². The molecule has 0 aliphatic carbocycles. The Bertz CT molecular complexity index is 1060.